The summed E-state index contributed by atoms with van der Waals surface area (Å²) in [5.74, 6) is -0.659. The van der Waals surface area contributed by atoms with Gasteiger partial charge in [0.15, 0.2) is 0 Å². The maximum absolute atomic E-state index is 12.5. The number of benzene rings is 1. The summed E-state index contributed by atoms with van der Waals surface area (Å²) < 4.78 is 0. The normalized spacial score (nSPS) is 18.7. The highest BCUT2D eigenvalue weighted by atomic mass is 16.2. The van der Waals surface area contributed by atoms with E-state index in [2.05, 4.69) is 27.7 Å². The van der Waals surface area contributed by atoms with E-state index >= 15 is 0 Å². The molecule has 2 aliphatic rings. The van der Waals surface area contributed by atoms with Gasteiger partial charge in [0.1, 0.15) is 12.1 Å². The maximum atomic E-state index is 12.5. The minimum Gasteiger partial charge on any atom is -0.372 e. The zero-order valence-corrected chi connectivity index (χ0v) is 16.1. The number of rotatable bonds is 7. The molecule has 7 heteroatoms. The fourth-order valence-corrected chi connectivity index (χ4v) is 3.75. The predicted octanol–water partition coefficient (Wildman–Crippen LogP) is 2.01. The number of anilines is 1. The second-order valence-electron chi connectivity index (χ2n) is 7.25. The van der Waals surface area contributed by atoms with Crippen molar-refractivity contribution in [2.75, 3.05) is 24.5 Å². The van der Waals surface area contributed by atoms with Gasteiger partial charge >= 0.3 is 6.03 Å². The van der Waals surface area contributed by atoms with Crippen LogP contribution in [0.4, 0.5) is 10.5 Å². The van der Waals surface area contributed by atoms with E-state index in [0.29, 0.717) is 19.4 Å². The van der Waals surface area contributed by atoms with E-state index in [1.54, 1.807) is 0 Å². The Bertz CT molecular complexity index is 706. The predicted molar refractivity (Wildman–Crippen MR) is 103 cm³/mol. The first-order valence-electron chi connectivity index (χ1n) is 9.74. The summed E-state index contributed by atoms with van der Waals surface area (Å²) in [6.45, 7) is 6.03. The fourth-order valence-electron chi connectivity index (χ4n) is 3.75. The first-order chi connectivity index (χ1) is 13.0. The molecule has 27 heavy (non-hydrogen) atoms. The molecule has 0 aliphatic carbocycles. The van der Waals surface area contributed by atoms with Crippen LogP contribution >= 0.6 is 0 Å². The molecular weight excluding hydrogens is 344 g/mol. The van der Waals surface area contributed by atoms with Crippen molar-refractivity contribution in [2.45, 2.75) is 51.6 Å². The minimum atomic E-state index is -0.872. The van der Waals surface area contributed by atoms with Gasteiger partial charge in [0.25, 0.3) is 5.91 Å². The van der Waals surface area contributed by atoms with E-state index < -0.39 is 11.6 Å². The van der Waals surface area contributed by atoms with Gasteiger partial charge in [0.2, 0.25) is 5.91 Å². The highest BCUT2D eigenvalue weighted by Crippen LogP contribution is 2.24. The lowest BCUT2D eigenvalue weighted by atomic mass is 9.93. The van der Waals surface area contributed by atoms with Gasteiger partial charge in [0, 0.05) is 25.3 Å². The average molecular weight is 372 g/mol. The Labute approximate surface area is 160 Å². The van der Waals surface area contributed by atoms with E-state index in [9.17, 15) is 14.4 Å². The maximum Gasteiger partial charge on any atom is 0.325 e. The molecule has 146 valence electrons. The summed E-state index contributed by atoms with van der Waals surface area (Å²) in [6.07, 6.45) is 3.49. The quantitative estimate of drug-likeness (QED) is 0.718. The number of hydrogen-bond donors (Lipinski definition) is 2. The van der Waals surface area contributed by atoms with Crippen molar-refractivity contribution >= 4 is 23.5 Å². The summed E-state index contributed by atoms with van der Waals surface area (Å²) in [6, 6.07) is 7.65. The molecule has 3 rings (SSSR count). The molecule has 0 aromatic heterocycles. The summed E-state index contributed by atoms with van der Waals surface area (Å²) in [5.41, 5.74) is 1.32. The number of imide groups is 1. The molecule has 2 saturated heterocycles. The third-order valence-corrected chi connectivity index (χ3v) is 5.65. The molecule has 4 amide bonds. The van der Waals surface area contributed by atoms with E-state index in [1.165, 1.54) is 18.5 Å². The van der Waals surface area contributed by atoms with Gasteiger partial charge in [-0.15, -0.1) is 0 Å². The first-order valence-corrected chi connectivity index (χ1v) is 9.74. The topological polar surface area (TPSA) is 81.8 Å². The van der Waals surface area contributed by atoms with Crippen LogP contribution in [0.1, 0.15) is 45.1 Å². The number of carbonyl (C=O) groups is 3. The molecule has 2 aliphatic heterocycles. The van der Waals surface area contributed by atoms with Gasteiger partial charge in [-0.2, -0.15) is 0 Å². The van der Waals surface area contributed by atoms with E-state index in [4.69, 9.17) is 0 Å². The molecule has 1 aromatic carbocycles. The SMILES string of the molecule is CCC1(CC)NC(=O)N(CC(=O)NCc2ccc(N3CCCC3)cc2)C1=O. The molecule has 0 spiro atoms. The second kappa shape index (κ2) is 7.98. The summed E-state index contributed by atoms with van der Waals surface area (Å²) in [5, 5.41) is 5.52. The van der Waals surface area contributed by atoms with Crippen LogP contribution in [0.15, 0.2) is 24.3 Å². The number of nitrogens with zero attached hydrogens (tertiary/aromatic N) is 2. The van der Waals surface area contributed by atoms with Crippen molar-refractivity contribution in [1.82, 2.24) is 15.5 Å². The van der Waals surface area contributed by atoms with Gasteiger partial charge in [-0.1, -0.05) is 26.0 Å². The van der Waals surface area contributed by atoms with Crippen LogP contribution < -0.4 is 15.5 Å². The van der Waals surface area contributed by atoms with Gasteiger partial charge in [-0.05, 0) is 43.4 Å². The van der Waals surface area contributed by atoms with Gasteiger partial charge in [-0.25, -0.2) is 4.79 Å². The van der Waals surface area contributed by atoms with Crippen molar-refractivity contribution < 1.29 is 14.4 Å². The molecule has 0 saturated carbocycles. The molecule has 1 aromatic rings. The lowest BCUT2D eigenvalue weighted by Crippen LogP contribution is -2.46. The van der Waals surface area contributed by atoms with Crippen LogP contribution in [0.3, 0.4) is 0 Å². The molecule has 0 radical (unpaired) electrons. The van der Waals surface area contributed by atoms with Crippen LogP contribution in [0, 0.1) is 0 Å². The van der Waals surface area contributed by atoms with Gasteiger partial charge in [-0.3, -0.25) is 14.5 Å². The first kappa shape index (κ1) is 19.2. The highest BCUT2D eigenvalue weighted by Gasteiger charge is 2.49. The van der Waals surface area contributed by atoms with Crippen molar-refractivity contribution in [3.05, 3.63) is 29.8 Å². The largest absolute Gasteiger partial charge is 0.372 e. The highest BCUT2D eigenvalue weighted by molar-refractivity contribution is 6.08. The van der Waals surface area contributed by atoms with Crippen LogP contribution in [-0.2, 0) is 16.1 Å². The lowest BCUT2D eigenvalue weighted by Gasteiger charge is -2.23. The van der Waals surface area contributed by atoms with Crippen LogP contribution in [0.2, 0.25) is 0 Å². The van der Waals surface area contributed by atoms with Gasteiger partial charge < -0.3 is 15.5 Å². The number of amides is 4. The molecule has 2 fully saturated rings. The zero-order chi connectivity index (χ0) is 19.4. The third-order valence-electron chi connectivity index (χ3n) is 5.65. The number of hydrogen-bond acceptors (Lipinski definition) is 4. The van der Waals surface area contributed by atoms with Gasteiger partial charge in [0.05, 0.1) is 0 Å². The molecule has 2 N–H and O–H groups in total. The Hall–Kier alpha value is -2.57. The van der Waals surface area contributed by atoms with E-state index in [-0.39, 0.29) is 18.4 Å². The smallest absolute Gasteiger partial charge is 0.325 e. The monoisotopic (exact) mass is 372 g/mol. The Kier molecular flexibility index (Phi) is 5.68. The molecule has 0 unspecified atom stereocenters. The molecule has 0 atom stereocenters. The summed E-state index contributed by atoms with van der Waals surface area (Å²) in [4.78, 5) is 40.2. The zero-order valence-electron chi connectivity index (χ0n) is 16.1. The lowest BCUT2D eigenvalue weighted by molar-refractivity contribution is -0.135. The minimum absolute atomic E-state index is 0.252. The molecule has 7 nitrogen and oxygen atoms in total. The Morgan fingerprint density at radius 3 is 2.30 bits per heavy atom. The Morgan fingerprint density at radius 1 is 1.11 bits per heavy atom. The fraction of sp³-hybridized carbons (Fsp3) is 0.550. The van der Waals surface area contributed by atoms with E-state index in [0.717, 1.165) is 23.6 Å². The molecule has 0 bridgehead atoms. The molecule has 2 heterocycles. The van der Waals surface area contributed by atoms with Crippen molar-refractivity contribution in [2.24, 2.45) is 0 Å². The van der Waals surface area contributed by atoms with Crippen LogP contribution in [0.25, 0.3) is 0 Å². The number of nitrogens with one attached hydrogen (secondary N) is 2. The second-order valence-corrected chi connectivity index (χ2v) is 7.25. The van der Waals surface area contributed by atoms with Crippen molar-refractivity contribution in [3.63, 3.8) is 0 Å². The third kappa shape index (κ3) is 3.91. The van der Waals surface area contributed by atoms with Crippen LogP contribution in [0.5, 0.6) is 0 Å². The van der Waals surface area contributed by atoms with Crippen LogP contribution in [-0.4, -0.2) is 47.9 Å². The number of urea groups is 1. The summed E-state index contributed by atoms with van der Waals surface area (Å²) >= 11 is 0. The summed E-state index contributed by atoms with van der Waals surface area (Å²) in [7, 11) is 0. The Balaban J connectivity index is 1.52. The number of carbonyl (C=O) groups excluding carboxylic acids is 3. The standard InChI is InChI=1S/C20H28N4O3/c1-3-20(4-2)18(26)24(19(27)22-20)14-17(25)21-13-15-7-9-16(10-8-15)23-11-5-6-12-23/h7-10H,3-6,11-14H2,1-2H3,(H,21,25)(H,22,27). The van der Waals surface area contributed by atoms with Crippen molar-refractivity contribution in [1.29, 1.82) is 0 Å². The van der Waals surface area contributed by atoms with E-state index in [1.807, 2.05) is 26.0 Å². The Morgan fingerprint density at radius 2 is 1.74 bits per heavy atom. The molecular formula is C20H28N4O3. The average Bonchev–Trinajstić information content (AvgIpc) is 3.30. The van der Waals surface area contributed by atoms with Crippen molar-refractivity contribution in [3.8, 4) is 0 Å².